The maximum Gasteiger partial charge on any atom is 0.406 e. The Kier molecular flexibility index (Phi) is 4.69. The number of halogens is 6. The van der Waals surface area contributed by atoms with Gasteiger partial charge in [0, 0.05) is 10.9 Å². The number of nitrogens with one attached hydrogen (secondary N) is 1. The van der Waals surface area contributed by atoms with Crippen molar-refractivity contribution in [3.05, 3.63) is 72.7 Å². The average molecular weight is 399 g/mol. The van der Waals surface area contributed by atoms with Crippen LogP contribution >= 0.6 is 0 Å². The molecule has 2 aromatic carbocycles. The van der Waals surface area contributed by atoms with Crippen LogP contribution < -0.4 is 5.32 Å². The van der Waals surface area contributed by atoms with Crippen molar-refractivity contribution >= 4 is 22.2 Å². The topological polar surface area (TPSA) is 25.2 Å². The van der Waals surface area contributed by atoms with Crippen molar-refractivity contribution < 1.29 is 30.8 Å². The van der Waals surface area contributed by atoms with Crippen molar-refractivity contribution in [2.24, 2.45) is 0 Å². The summed E-state index contributed by atoms with van der Waals surface area (Å²) in [4.78, 5) is 0. The van der Waals surface area contributed by atoms with Gasteiger partial charge in [0.15, 0.2) is 5.41 Å². The summed E-state index contributed by atoms with van der Waals surface area (Å²) in [5.41, 5.74) is -5.32. The number of rotatable bonds is 4. The summed E-state index contributed by atoms with van der Waals surface area (Å²) < 4.78 is 87.3. The Morgan fingerprint density at radius 3 is 2.11 bits per heavy atom. The van der Waals surface area contributed by atoms with E-state index in [-0.39, 0.29) is 29.5 Å². The third-order valence-corrected chi connectivity index (χ3v) is 4.70. The van der Waals surface area contributed by atoms with Crippen molar-refractivity contribution in [1.29, 1.82) is 0 Å². The molecular weight excluding hydrogens is 384 g/mol. The van der Waals surface area contributed by atoms with Crippen LogP contribution in [0.4, 0.5) is 32.0 Å². The molecule has 3 aromatic rings. The van der Waals surface area contributed by atoms with E-state index in [0.717, 1.165) is 6.07 Å². The van der Waals surface area contributed by atoms with E-state index in [1.807, 2.05) is 0 Å². The number of alkyl halides is 6. The molecule has 8 heteroatoms. The second-order valence-corrected chi connectivity index (χ2v) is 6.41. The molecule has 0 saturated carbocycles. The van der Waals surface area contributed by atoms with Gasteiger partial charge in [0.2, 0.25) is 0 Å². The Hall–Kier alpha value is -2.90. The maximum absolute atomic E-state index is 13.7. The highest BCUT2D eigenvalue weighted by Crippen LogP contribution is 2.54. The lowest BCUT2D eigenvalue weighted by Crippen LogP contribution is -2.51. The van der Waals surface area contributed by atoms with Gasteiger partial charge in [-0.3, -0.25) is 0 Å². The highest BCUT2D eigenvalue weighted by atomic mass is 19.4. The van der Waals surface area contributed by atoms with E-state index in [4.69, 9.17) is 4.42 Å². The molecule has 2 nitrogen and oxygen atoms in total. The first kappa shape index (κ1) is 19.9. The molecule has 0 unspecified atom stereocenters. The third-order valence-electron chi connectivity index (χ3n) is 4.70. The Balaban J connectivity index is 2.29. The predicted octanol–water partition coefficient (Wildman–Crippen LogP) is 6.90. The molecule has 0 saturated heterocycles. The fraction of sp³-hybridized carbons (Fsp3) is 0.200. The molecule has 0 aliphatic carbocycles. The van der Waals surface area contributed by atoms with Gasteiger partial charge in [-0.15, -0.1) is 0 Å². The highest BCUT2D eigenvalue weighted by Gasteiger charge is 2.69. The van der Waals surface area contributed by atoms with Crippen molar-refractivity contribution in [3.63, 3.8) is 0 Å². The van der Waals surface area contributed by atoms with Crippen molar-refractivity contribution in [3.8, 4) is 0 Å². The smallest absolute Gasteiger partial charge is 0.406 e. The van der Waals surface area contributed by atoms with Crippen molar-refractivity contribution in [2.45, 2.75) is 24.7 Å². The number of hydrogen-bond acceptors (Lipinski definition) is 2. The quantitative estimate of drug-likeness (QED) is 0.483. The Morgan fingerprint density at radius 1 is 0.893 bits per heavy atom. The van der Waals surface area contributed by atoms with Gasteiger partial charge >= 0.3 is 12.4 Å². The Labute approximate surface area is 156 Å². The standard InChI is InChI=1S/C20H15F6NO/c1-12(16-8-5-11-28-16)27-17-14-7-4-3-6-13(14)9-10-15(17)18(2,19(21,22)23)20(24,25)26/h3-11,27H,1H2,2H3. The molecule has 1 N–H and O–H groups in total. The van der Waals surface area contributed by atoms with E-state index in [1.54, 1.807) is 12.1 Å². The van der Waals surface area contributed by atoms with E-state index in [0.29, 0.717) is 5.39 Å². The lowest BCUT2D eigenvalue weighted by molar-refractivity contribution is -0.297. The van der Waals surface area contributed by atoms with Crippen molar-refractivity contribution in [2.75, 3.05) is 5.32 Å². The molecular formula is C20H15F6NO. The van der Waals surface area contributed by atoms with Crippen LogP contribution in [0.2, 0.25) is 0 Å². The van der Waals surface area contributed by atoms with Crippen LogP contribution in [0.5, 0.6) is 0 Å². The van der Waals surface area contributed by atoms with Crippen LogP contribution in [-0.4, -0.2) is 12.4 Å². The van der Waals surface area contributed by atoms with Crippen LogP contribution in [0.1, 0.15) is 18.2 Å². The van der Waals surface area contributed by atoms with E-state index in [9.17, 15) is 26.3 Å². The van der Waals surface area contributed by atoms with Gasteiger partial charge in [-0.2, -0.15) is 26.3 Å². The molecule has 0 amide bonds. The molecule has 28 heavy (non-hydrogen) atoms. The van der Waals surface area contributed by atoms with Gasteiger partial charge in [0.1, 0.15) is 5.76 Å². The minimum absolute atomic E-state index is 0.0364. The lowest BCUT2D eigenvalue weighted by atomic mass is 9.78. The zero-order valence-electron chi connectivity index (χ0n) is 14.6. The molecule has 0 bridgehead atoms. The van der Waals surface area contributed by atoms with E-state index in [1.165, 1.54) is 36.6 Å². The number of hydrogen-bond donors (Lipinski definition) is 1. The summed E-state index contributed by atoms with van der Waals surface area (Å²) in [6.45, 7) is 3.82. The van der Waals surface area contributed by atoms with E-state index >= 15 is 0 Å². The molecule has 1 aromatic heterocycles. The zero-order valence-corrected chi connectivity index (χ0v) is 14.6. The SMILES string of the molecule is C=C(Nc1c(C(C)(C(F)(F)F)C(F)(F)F)ccc2ccccc12)c1ccco1. The molecule has 0 atom stereocenters. The fourth-order valence-corrected chi connectivity index (χ4v) is 2.95. The monoisotopic (exact) mass is 399 g/mol. The molecule has 3 rings (SSSR count). The van der Waals surface area contributed by atoms with E-state index in [2.05, 4.69) is 11.9 Å². The minimum Gasteiger partial charge on any atom is -0.463 e. The molecule has 148 valence electrons. The second-order valence-electron chi connectivity index (χ2n) is 6.41. The van der Waals surface area contributed by atoms with Crippen LogP contribution in [0.15, 0.2) is 65.8 Å². The van der Waals surface area contributed by atoms with Crippen LogP contribution in [0.25, 0.3) is 16.5 Å². The first-order chi connectivity index (χ1) is 13.0. The second kappa shape index (κ2) is 6.61. The van der Waals surface area contributed by atoms with Gasteiger partial charge in [0.05, 0.1) is 17.6 Å². The average Bonchev–Trinajstić information content (AvgIpc) is 3.14. The summed E-state index contributed by atoms with van der Waals surface area (Å²) in [6, 6.07) is 11.3. The van der Waals surface area contributed by atoms with Gasteiger partial charge in [-0.1, -0.05) is 43.0 Å². The summed E-state index contributed by atoms with van der Waals surface area (Å²) in [5, 5.41) is 3.30. The predicted molar refractivity (Wildman–Crippen MR) is 94.8 cm³/mol. The largest absolute Gasteiger partial charge is 0.463 e. The molecule has 0 aliphatic rings. The third kappa shape index (κ3) is 3.12. The molecule has 0 aliphatic heterocycles. The number of anilines is 1. The van der Waals surface area contributed by atoms with Gasteiger partial charge in [0.25, 0.3) is 0 Å². The van der Waals surface area contributed by atoms with Crippen LogP contribution in [-0.2, 0) is 5.41 Å². The summed E-state index contributed by atoms with van der Waals surface area (Å²) in [5.74, 6) is 0.194. The van der Waals surface area contributed by atoms with Gasteiger partial charge in [-0.05, 0) is 24.4 Å². The van der Waals surface area contributed by atoms with Crippen molar-refractivity contribution in [1.82, 2.24) is 0 Å². The molecule has 0 fully saturated rings. The van der Waals surface area contributed by atoms with Gasteiger partial charge in [-0.25, -0.2) is 0 Å². The first-order valence-corrected chi connectivity index (χ1v) is 8.12. The number of fused-ring (bicyclic) bond motifs is 1. The molecule has 0 spiro atoms. The van der Waals surface area contributed by atoms with E-state index < -0.39 is 23.3 Å². The first-order valence-electron chi connectivity index (χ1n) is 8.12. The molecule has 1 heterocycles. The lowest BCUT2D eigenvalue weighted by Gasteiger charge is -2.36. The van der Waals surface area contributed by atoms with Crippen LogP contribution in [0.3, 0.4) is 0 Å². The summed E-state index contributed by atoms with van der Waals surface area (Å²) >= 11 is 0. The Morgan fingerprint density at radius 2 is 1.54 bits per heavy atom. The fourth-order valence-electron chi connectivity index (χ4n) is 2.95. The zero-order chi connectivity index (χ0) is 20.7. The number of furan rings is 1. The van der Waals surface area contributed by atoms with Gasteiger partial charge < -0.3 is 9.73 Å². The number of benzene rings is 2. The highest BCUT2D eigenvalue weighted by molar-refractivity contribution is 5.99. The van der Waals surface area contributed by atoms with Crippen LogP contribution in [0, 0.1) is 0 Å². The summed E-state index contributed by atoms with van der Waals surface area (Å²) in [7, 11) is 0. The molecule has 0 radical (unpaired) electrons. The maximum atomic E-state index is 13.7. The Bertz CT molecular complexity index is 988. The normalized spacial score (nSPS) is 13.0. The minimum atomic E-state index is -5.57. The summed E-state index contributed by atoms with van der Waals surface area (Å²) in [6.07, 6.45) is -9.83.